The zero-order chi connectivity index (χ0) is 14.9. The first-order valence-electron chi connectivity index (χ1n) is 6.57. The largest absolute Gasteiger partial charge is 0.341 e. The highest BCUT2D eigenvalue weighted by Crippen LogP contribution is 2.25. The molecule has 0 unspecified atom stereocenters. The van der Waals surface area contributed by atoms with E-state index in [0.29, 0.717) is 18.9 Å². The first-order valence-corrected chi connectivity index (χ1v) is 8.01. The lowest BCUT2D eigenvalue weighted by Gasteiger charge is -2.21. The van der Waals surface area contributed by atoms with Crippen molar-refractivity contribution in [2.75, 3.05) is 13.2 Å². The van der Waals surface area contributed by atoms with E-state index in [2.05, 4.69) is 4.40 Å². The molecule has 1 fully saturated rings. The number of nitrogens with zero attached hydrogens (tertiary/aromatic N) is 1. The van der Waals surface area contributed by atoms with Crippen LogP contribution in [0.25, 0.3) is 0 Å². The van der Waals surface area contributed by atoms with Crippen molar-refractivity contribution in [1.82, 2.24) is 0 Å². The monoisotopic (exact) mass is 305 g/mol. The van der Waals surface area contributed by atoms with Crippen LogP contribution in [-0.4, -0.2) is 33.1 Å². The van der Waals surface area contributed by atoms with Crippen molar-refractivity contribution in [3.63, 3.8) is 0 Å². The van der Waals surface area contributed by atoms with E-state index in [1.165, 1.54) is 0 Å². The van der Waals surface area contributed by atoms with Crippen molar-refractivity contribution in [2.24, 2.45) is 4.40 Å². The molecule has 1 aliphatic heterocycles. The average Bonchev–Trinajstić information content (AvgIpc) is 2.90. The van der Waals surface area contributed by atoms with Gasteiger partial charge in [-0.3, -0.25) is 0 Å². The van der Waals surface area contributed by atoms with Crippen LogP contribution >= 0.6 is 0 Å². The molecule has 6 heteroatoms. The van der Waals surface area contributed by atoms with Gasteiger partial charge in [0.1, 0.15) is 0 Å². The summed E-state index contributed by atoms with van der Waals surface area (Å²) in [7, 11) is -3.71. The van der Waals surface area contributed by atoms with Gasteiger partial charge in [-0.05, 0) is 43.4 Å². The van der Waals surface area contributed by atoms with Crippen LogP contribution in [0.1, 0.15) is 5.56 Å². The van der Waals surface area contributed by atoms with Gasteiger partial charge in [0.25, 0.3) is 10.0 Å². The highest BCUT2D eigenvalue weighted by atomic mass is 32.2. The Bertz CT molecular complexity index is 705. The Balaban J connectivity index is 1.85. The number of allylic oxidation sites excluding steroid dienone is 2. The van der Waals surface area contributed by atoms with Crippen LogP contribution < -0.4 is 0 Å². The molecular weight excluding hydrogens is 290 g/mol. The molecule has 1 aliphatic carbocycles. The maximum Gasteiger partial charge on any atom is 0.282 e. The molecule has 2 aliphatic rings. The molecule has 1 heterocycles. The smallest absolute Gasteiger partial charge is 0.282 e. The van der Waals surface area contributed by atoms with Crippen molar-refractivity contribution in [2.45, 2.75) is 17.6 Å². The third kappa shape index (κ3) is 2.97. The standard InChI is InChI=1S/C15H15NO4S/c1-12-2-4-14(5-3-12)21(17,18)16-13-6-8-15(9-7-13)19-10-11-20-15/h2-9H,10-11H2,1H3. The zero-order valence-corrected chi connectivity index (χ0v) is 12.3. The van der Waals surface area contributed by atoms with Gasteiger partial charge >= 0.3 is 0 Å². The van der Waals surface area contributed by atoms with E-state index in [1.807, 2.05) is 6.92 Å². The van der Waals surface area contributed by atoms with Crippen molar-refractivity contribution >= 4 is 15.7 Å². The summed E-state index contributed by atoms with van der Waals surface area (Å²) >= 11 is 0. The molecule has 0 bridgehead atoms. The molecule has 110 valence electrons. The minimum atomic E-state index is -3.71. The first-order chi connectivity index (χ1) is 9.99. The summed E-state index contributed by atoms with van der Waals surface area (Å²) in [6.07, 6.45) is 6.53. The second-order valence-electron chi connectivity index (χ2n) is 4.89. The molecule has 0 N–H and O–H groups in total. The Labute approximate surface area is 123 Å². The van der Waals surface area contributed by atoms with Gasteiger partial charge in [0.15, 0.2) is 0 Å². The minimum absolute atomic E-state index is 0.177. The maximum absolute atomic E-state index is 12.2. The van der Waals surface area contributed by atoms with Gasteiger partial charge in [-0.15, -0.1) is 0 Å². The van der Waals surface area contributed by atoms with Crippen molar-refractivity contribution in [1.29, 1.82) is 0 Å². The van der Waals surface area contributed by atoms with Gasteiger partial charge in [-0.25, -0.2) is 0 Å². The predicted octanol–water partition coefficient (Wildman–Crippen LogP) is 1.99. The van der Waals surface area contributed by atoms with E-state index in [-0.39, 0.29) is 4.90 Å². The van der Waals surface area contributed by atoms with E-state index in [0.717, 1.165) is 5.56 Å². The molecule has 0 aromatic heterocycles. The summed E-state index contributed by atoms with van der Waals surface area (Å²) in [6.45, 7) is 2.93. The molecule has 1 saturated heterocycles. The van der Waals surface area contributed by atoms with Crippen LogP contribution in [0.15, 0.2) is 57.9 Å². The Hall–Kier alpha value is -1.76. The summed E-state index contributed by atoms with van der Waals surface area (Å²) in [5.74, 6) is -0.855. The quantitative estimate of drug-likeness (QED) is 0.838. The fraction of sp³-hybridized carbons (Fsp3) is 0.267. The van der Waals surface area contributed by atoms with Gasteiger partial charge in [-0.2, -0.15) is 12.8 Å². The number of aryl methyl sites for hydroxylation is 1. The number of ether oxygens (including phenoxy) is 2. The molecule has 1 spiro atoms. The van der Waals surface area contributed by atoms with Gasteiger partial charge < -0.3 is 9.47 Å². The molecule has 3 rings (SSSR count). The third-order valence-corrected chi connectivity index (χ3v) is 4.57. The predicted molar refractivity (Wildman–Crippen MR) is 78.7 cm³/mol. The van der Waals surface area contributed by atoms with Crippen LogP contribution in [0.5, 0.6) is 0 Å². The zero-order valence-electron chi connectivity index (χ0n) is 11.5. The SMILES string of the molecule is Cc1ccc(S(=O)(=O)N=C2C=CC3(C=C2)OCCO3)cc1. The molecule has 21 heavy (non-hydrogen) atoms. The minimum Gasteiger partial charge on any atom is -0.341 e. The van der Waals surface area contributed by atoms with Gasteiger partial charge in [0.2, 0.25) is 5.79 Å². The van der Waals surface area contributed by atoms with Gasteiger partial charge in [0, 0.05) is 0 Å². The van der Waals surface area contributed by atoms with E-state index >= 15 is 0 Å². The van der Waals surface area contributed by atoms with Crippen molar-refractivity contribution in [3.8, 4) is 0 Å². The summed E-state index contributed by atoms with van der Waals surface area (Å²) in [5.41, 5.74) is 1.34. The molecule has 0 amide bonds. The molecular formula is C15H15NO4S. The molecule has 1 aromatic rings. The molecule has 5 nitrogen and oxygen atoms in total. The lowest BCUT2D eigenvalue weighted by molar-refractivity contribution is -0.0745. The Kier molecular flexibility index (Phi) is 3.52. The number of rotatable bonds is 2. The summed E-state index contributed by atoms with van der Waals surface area (Å²) in [5, 5.41) is 0. The normalized spacial score (nSPS) is 20.1. The maximum atomic E-state index is 12.2. The lowest BCUT2D eigenvalue weighted by atomic mass is 10.1. The second-order valence-corrected chi connectivity index (χ2v) is 6.49. The average molecular weight is 305 g/mol. The lowest BCUT2D eigenvalue weighted by Crippen LogP contribution is -2.27. The first kappa shape index (κ1) is 14.2. The molecule has 0 atom stereocenters. The topological polar surface area (TPSA) is 65.0 Å². The number of benzene rings is 1. The van der Waals surface area contributed by atoms with E-state index in [9.17, 15) is 8.42 Å². The number of hydrogen-bond acceptors (Lipinski definition) is 4. The highest BCUT2D eigenvalue weighted by Gasteiger charge is 2.32. The molecule has 1 aromatic carbocycles. The van der Waals surface area contributed by atoms with Crippen LogP contribution in [-0.2, 0) is 19.5 Å². The fourth-order valence-electron chi connectivity index (χ4n) is 2.11. The van der Waals surface area contributed by atoms with Crippen LogP contribution in [0.3, 0.4) is 0 Å². The van der Waals surface area contributed by atoms with E-state index in [1.54, 1.807) is 48.6 Å². The van der Waals surface area contributed by atoms with Crippen LogP contribution in [0.2, 0.25) is 0 Å². The number of hydrogen-bond donors (Lipinski definition) is 0. The van der Waals surface area contributed by atoms with Crippen molar-refractivity contribution < 1.29 is 17.9 Å². The Morgan fingerprint density at radius 3 is 2.19 bits per heavy atom. The van der Waals surface area contributed by atoms with E-state index < -0.39 is 15.8 Å². The summed E-state index contributed by atoms with van der Waals surface area (Å²) in [6, 6.07) is 6.59. The Morgan fingerprint density at radius 2 is 1.62 bits per heavy atom. The Morgan fingerprint density at radius 1 is 1.05 bits per heavy atom. The highest BCUT2D eigenvalue weighted by molar-refractivity contribution is 7.90. The van der Waals surface area contributed by atoms with Crippen LogP contribution in [0, 0.1) is 6.92 Å². The summed E-state index contributed by atoms with van der Waals surface area (Å²) in [4.78, 5) is 0.177. The summed E-state index contributed by atoms with van der Waals surface area (Å²) < 4.78 is 39.2. The second kappa shape index (κ2) is 5.22. The van der Waals surface area contributed by atoms with E-state index in [4.69, 9.17) is 9.47 Å². The van der Waals surface area contributed by atoms with Crippen LogP contribution in [0.4, 0.5) is 0 Å². The number of sulfonamides is 1. The van der Waals surface area contributed by atoms with Gasteiger partial charge in [0.05, 0.1) is 23.8 Å². The molecule has 0 radical (unpaired) electrons. The molecule has 0 saturated carbocycles. The van der Waals surface area contributed by atoms with Gasteiger partial charge in [-0.1, -0.05) is 17.7 Å². The fourth-order valence-corrected chi connectivity index (χ4v) is 3.10. The third-order valence-electron chi connectivity index (χ3n) is 3.26. The van der Waals surface area contributed by atoms with Crippen molar-refractivity contribution in [3.05, 3.63) is 54.1 Å².